The van der Waals surface area contributed by atoms with E-state index < -0.39 is 0 Å². The van der Waals surface area contributed by atoms with Crippen LogP contribution in [0.15, 0.2) is 24.3 Å². The van der Waals surface area contributed by atoms with Crippen LogP contribution >= 0.6 is 0 Å². The summed E-state index contributed by atoms with van der Waals surface area (Å²) in [5.74, 6) is 0.00742. The number of carbonyl (C=O) groups excluding carboxylic acids is 1. The monoisotopic (exact) mass is 292 g/mol. The third kappa shape index (κ3) is 2.68. The van der Waals surface area contributed by atoms with Crippen molar-refractivity contribution in [1.29, 1.82) is 0 Å². The molecule has 3 atom stereocenters. The zero-order valence-corrected chi connectivity index (χ0v) is 12.4. The summed E-state index contributed by atoms with van der Waals surface area (Å²) in [6.45, 7) is 5.28. The number of carbonyl (C=O) groups is 1. The summed E-state index contributed by atoms with van der Waals surface area (Å²) < 4.78 is 18.9. The first kappa shape index (κ1) is 14.5. The fraction of sp³-hybridized carbons (Fsp3) is 0.562. The number of benzene rings is 1. The summed E-state index contributed by atoms with van der Waals surface area (Å²) in [4.78, 5) is 14.6. The largest absolute Gasteiger partial charge is 0.379 e. The molecule has 4 nitrogen and oxygen atoms in total. The lowest BCUT2D eigenvalue weighted by Gasteiger charge is -2.29. The molecule has 2 aliphatic heterocycles. The van der Waals surface area contributed by atoms with Gasteiger partial charge in [-0.2, -0.15) is 0 Å². The second-order valence-electron chi connectivity index (χ2n) is 6.11. The highest BCUT2D eigenvalue weighted by Crippen LogP contribution is 2.32. The molecule has 0 aromatic heterocycles. The maximum absolute atomic E-state index is 13.5. The van der Waals surface area contributed by atoms with E-state index >= 15 is 0 Å². The summed E-state index contributed by atoms with van der Waals surface area (Å²) in [6.07, 6.45) is 0.566. The number of halogens is 1. The molecule has 1 aromatic carbocycles. The van der Waals surface area contributed by atoms with Crippen molar-refractivity contribution in [3.8, 4) is 0 Å². The van der Waals surface area contributed by atoms with Crippen molar-refractivity contribution in [3.05, 3.63) is 35.6 Å². The molecule has 1 N–H and O–H groups in total. The molecule has 2 fully saturated rings. The number of nitrogens with one attached hydrogen (secondary N) is 1. The maximum Gasteiger partial charge on any atom is 0.241 e. The molecule has 21 heavy (non-hydrogen) atoms. The van der Waals surface area contributed by atoms with Gasteiger partial charge < -0.3 is 9.64 Å². The molecule has 0 spiro atoms. The smallest absolute Gasteiger partial charge is 0.241 e. The Balaban J connectivity index is 1.93. The first-order valence-electron chi connectivity index (χ1n) is 7.49. The topological polar surface area (TPSA) is 41.6 Å². The summed E-state index contributed by atoms with van der Waals surface area (Å²) in [6, 6.07) is 6.31. The van der Waals surface area contributed by atoms with E-state index in [4.69, 9.17) is 4.74 Å². The Morgan fingerprint density at radius 3 is 2.86 bits per heavy atom. The van der Waals surface area contributed by atoms with E-state index in [1.807, 2.05) is 24.8 Å². The van der Waals surface area contributed by atoms with Crippen LogP contribution < -0.4 is 5.32 Å². The van der Waals surface area contributed by atoms with Crippen molar-refractivity contribution in [2.75, 3.05) is 13.2 Å². The number of hydrogen-bond donors (Lipinski definition) is 1. The van der Waals surface area contributed by atoms with Crippen LogP contribution in [0.1, 0.15) is 32.0 Å². The summed E-state index contributed by atoms with van der Waals surface area (Å²) in [5.41, 5.74) is 0.790. The third-order valence-corrected chi connectivity index (χ3v) is 4.27. The molecule has 1 amide bonds. The maximum atomic E-state index is 13.5. The number of amides is 1. The minimum Gasteiger partial charge on any atom is -0.379 e. The van der Waals surface area contributed by atoms with E-state index in [-0.39, 0.29) is 35.9 Å². The molecule has 3 unspecified atom stereocenters. The van der Waals surface area contributed by atoms with Gasteiger partial charge in [-0.3, -0.25) is 10.1 Å². The zero-order valence-electron chi connectivity index (χ0n) is 12.4. The van der Waals surface area contributed by atoms with Gasteiger partial charge in [-0.1, -0.05) is 26.0 Å². The lowest BCUT2D eigenvalue weighted by molar-refractivity contribution is -0.133. The van der Waals surface area contributed by atoms with Gasteiger partial charge in [0.2, 0.25) is 5.91 Å². The SMILES string of the molecule is CC(C)C1NC(c2cccc(F)c2)N(C2CCOC2)C1=O. The van der Waals surface area contributed by atoms with E-state index in [1.165, 1.54) is 12.1 Å². The Hall–Kier alpha value is -1.46. The van der Waals surface area contributed by atoms with Gasteiger partial charge in [-0.05, 0) is 30.0 Å². The molecule has 114 valence electrons. The second kappa shape index (κ2) is 5.73. The highest BCUT2D eigenvalue weighted by molar-refractivity contribution is 5.85. The predicted molar refractivity (Wildman–Crippen MR) is 77.0 cm³/mol. The Morgan fingerprint density at radius 2 is 2.24 bits per heavy atom. The van der Waals surface area contributed by atoms with Gasteiger partial charge in [0.25, 0.3) is 0 Å². The van der Waals surface area contributed by atoms with Crippen LogP contribution in [-0.2, 0) is 9.53 Å². The Kier molecular flexibility index (Phi) is 3.95. The second-order valence-corrected chi connectivity index (χ2v) is 6.11. The van der Waals surface area contributed by atoms with Crippen LogP contribution in [0.25, 0.3) is 0 Å². The Labute approximate surface area is 124 Å². The van der Waals surface area contributed by atoms with Crippen molar-refractivity contribution in [1.82, 2.24) is 10.2 Å². The fourth-order valence-corrected chi connectivity index (χ4v) is 3.15. The van der Waals surface area contributed by atoms with Crippen molar-refractivity contribution in [3.63, 3.8) is 0 Å². The average molecular weight is 292 g/mol. The minimum atomic E-state index is -0.280. The van der Waals surface area contributed by atoms with Crippen molar-refractivity contribution >= 4 is 5.91 Å². The van der Waals surface area contributed by atoms with Crippen molar-refractivity contribution in [2.45, 2.75) is 38.5 Å². The molecule has 0 radical (unpaired) electrons. The molecule has 5 heteroatoms. The van der Waals surface area contributed by atoms with E-state index in [0.717, 1.165) is 12.0 Å². The van der Waals surface area contributed by atoms with Gasteiger partial charge in [0, 0.05) is 6.61 Å². The molecule has 0 bridgehead atoms. The summed E-state index contributed by atoms with van der Waals surface area (Å²) in [5, 5.41) is 3.36. The Morgan fingerprint density at radius 1 is 1.43 bits per heavy atom. The molecule has 3 rings (SSSR count). The highest BCUT2D eigenvalue weighted by atomic mass is 19.1. The van der Waals surface area contributed by atoms with Gasteiger partial charge in [0.05, 0.1) is 18.7 Å². The zero-order chi connectivity index (χ0) is 15.0. The molecular weight excluding hydrogens is 271 g/mol. The number of ether oxygens (including phenoxy) is 1. The minimum absolute atomic E-state index is 0.0713. The molecule has 2 aliphatic rings. The van der Waals surface area contributed by atoms with Crippen molar-refractivity contribution in [2.24, 2.45) is 5.92 Å². The lowest BCUT2D eigenvalue weighted by Crippen LogP contribution is -2.41. The van der Waals surface area contributed by atoms with E-state index in [0.29, 0.717) is 13.2 Å². The predicted octanol–water partition coefficient (Wildman–Crippen LogP) is 2.07. The molecular formula is C16H21FN2O2. The van der Waals surface area contributed by atoms with Crippen LogP contribution in [0, 0.1) is 11.7 Å². The molecule has 0 aliphatic carbocycles. The van der Waals surface area contributed by atoms with E-state index in [1.54, 1.807) is 6.07 Å². The fourth-order valence-electron chi connectivity index (χ4n) is 3.15. The molecule has 0 saturated carbocycles. The van der Waals surface area contributed by atoms with Gasteiger partial charge in [-0.25, -0.2) is 4.39 Å². The van der Waals surface area contributed by atoms with Crippen LogP contribution in [0.5, 0.6) is 0 Å². The van der Waals surface area contributed by atoms with Crippen molar-refractivity contribution < 1.29 is 13.9 Å². The standard InChI is InChI=1S/C16H21FN2O2/c1-10(2)14-16(20)19(13-6-7-21-9-13)15(18-14)11-4-3-5-12(17)8-11/h3-5,8,10,13-15,18H,6-7,9H2,1-2H3. The molecule has 2 heterocycles. The number of rotatable bonds is 3. The van der Waals surface area contributed by atoms with Gasteiger partial charge in [0.15, 0.2) is 0 Å². The number of hydrogen-bond acceptors (Lipinski definition) is 3. The van der Waals surface area contributed by atoms with Crippen LogP contribution in [0.3, 0.4) is 0 Å². The van der Waals surface area contributed by atoms with Crippen LogP contribution in [0.2, 0.25) is 0 Å². The summed E-state index contributed by atoms with van der Waals surface area (Å²) in [7, 11) is 0. The normalized spacial score (nSPS) is 29.6. The van der Waals surface area contributed by atoms with E-state index in [9.17, 15) is 9.18 Å². The van der Waals surface area contributed by atoms with Gasteiger partial charge >= 0.3 is 0 Å². The lowest BCUT2D eigenvalue weighted by atomic mass is 10.0. The van der Waals surface area contributed by atoms with Gasteiger partial charge in [0.1, 0.15) is 12.0 Å². The summed E-state index contributed by atoms with van der Waals surface area (Å²) >= 11 is 0. The third-order valence-electron chi connectivity index (χ3n) is 4.27. The first-order chi connectivity index (χ1) is 10.1. The van der Waals surface area contributed by atoms with Gasteiger partial charge in [-0.15, -0.1) is 0 Å². The quantitative estimate of drug-likeness (QED) is 0.927. The first-order valence-corrected chi connectivity index (χ1v) is 7.49. The molecule has 1 aromatic rings. The average Bonchev–Trinajstić information content (AvgIpc) is 3.05. The highest BCUT2D eigenvalue weighted by Gasteiger charge is 2.45. The van der Waals surface area contributed by atoms with Crippen LogP contribution in [-0.4, -0.2) is 36.1 Å². The number of nitrogens with zero attached hydrogens (tertiary/aromatic N) is 1. The van der Waals surface area contributed by atoms with E-state index in [2.05, 4.69) is 5.32 Å². The molecule has 2 saturated heterocycles. The van der Waals surface area contributed by atoms with Crippen LogP contribution in [0.4, 0.5) is 4.39 Å². The Bertz CT molecular complexity index is 529.